The Balaban J connectivity index is 4.27. The van der Waals surface area contributed by atoms with Crippen molar-refractivity contribution in [3.8, 4) is 0 Å². The lowest BCUT2D eigenvalue weighted by atomic mass is 10.4. The van der Waals surface area contributed by atoms with E-state index < -0.39 is 17.2 Å². The summed E-state index contributed by atoms with van der Waals surface area (Å²) in [5.41, 5.74) is 0. The van der Waals surface area contributed by atoms with Gasteiger partial charge in [-0.1, -0.05) is 0 Å². The highest BCUT2D eigenvalue weighted by atomic mass is 32.2. The number of nitrogens with zero attached hydrogens (tertiary/aromatic N) is 1. The number of carbonyl (C=O) groups excluding carboxylic acids is 1. The Morgan fingerprint density at radius 2 is 2.00 bits per heavy atom. The van der Waals surface area contributed by atoms with Crippen LogP contribution < -0.4 is 0 Å². The standard InChI is InChI=1S/C5H11NO3S/c1-4(2)6(5(3)7)10(8)9/h4H,1-3H3,(H,8,9). The van der Waals surface area contributed by atoms with E-state index in [1.807, 2.05) is 0 Å². The molecule has 0 aliphatic rings. The van der Waals surface area contributed by atoms with Gasteiger partial charge in [0.15, 0.2) is 0 Å². The Hall–Kier alpha value is -0.420. The van der Waals surface area contributed by atoms with Crippen LogP contribution in [0.4, 0.5) is 0 Å². The van der Waals surface area contributed by atoms with Gasteiger partial charge in [0.1, 0.15) is 0 Å². The van der Waals surface area contributed by atoms with E-state index in [1.54, 1.807) is 13.8 Å². The lowest BCUT2D eigenvalue weighted by Crippen LogP contribution is -2.36. The van der Waals surface area contributed by atoms with E-state index >= 15 is 0 Å². The average Bonchev–Trinajstić information content (AvgIpc) is 1.59. The maximum absolute atomic E-state index is 10.6. The smallest absolute Gasteiger partial charge is 0.264 e. The van der Waals surface area contributed by atoms with Gasteiger partial charge in [-0.2, -0.15) is 0 Å². The molecule has 0 heterocycles. The lowest BCUT2D eigenvalue weighted by molar-refractivity contribution is -0.125. The van der Waals surface area contributed by atoms with E-state index in [-0.39, 0.29) is 6.04 Å². The largest absolute Gasteiger partial charge is 0.289 e. The molecule has 1 unspecified atom stereocenters. The molecule has 0 aliphatic heterocycles. The maximum atomic E-state index is 10.6. The molecule has 1 amide bonds. The number of carbonyl (C=O) groups is 1. The Morgan fingerprint density at radius 3 is 2.00 bits per heavy atom. The molecule has 0 bridgehead atoms. The molecule has 10 heavy (non-hydrogen) atoms. The summed E-state index contributed by atoms with van der Waals surface area (Å²) in [7, 11) is 0. The molecule has 60 valence electrons. The molecule has 0 fully saturated rings. The monoisotopic (exact) mass is 165 g/mol. The highest BCUT2D eigenvalue weighted by molar-refractivity contribution is 7.77. The van der Waals surface area contributed by atoms with Crippen LogP contribution in [0.15, 0.2) is 0 Å². The van der Waals surface area contributed by atoms with E-state index in [0.29, 0.717) is 0 Å². The minimum absolute atomic E-state index is 0.233. The van der Waals surface area contributed by atoms with Crippen LogP contribution in [0, 0.1) is 0 Å². The van der Waals surface area contributed by atoms with Crippen molar-refractivity contribution >= 4 is 17.2 Å². The second kappa shape index (κ2) is 3.68. The minimum Gasteiger partial charge on any atom is -0.289 e. The molecular weight excluding hydrogens is 154 g/mol. The summed E-state index contributed by atoms with van der Waals surface area (Å²) in [6.07, 6.45) is 0. The van der Waals surface area contributed by atoms with E-state index in [9.17, 15) is 9.00 Å². The van der Waals surface area contributed by atoms with Crippen LogP contribution in [-0.4, -0.2) is 25.0 Å². The van der Waals surface area contributed by atoms with E-state index in [4.69, 9.17) is 4.55 Å². The number of hydrogen-bond acceptors (Lipinski definition) is 2. The highest BCUT2D eigenvalue weighted by Crippen LogP contribution is 2.00. The van der Waals surface area contributed by atoms with E-state index in [2.05, 4.69) is 0 Å². The zero-order chi connectivity index (χ0) is 8.31. The quantitative estimate of drug-likeness (QED) is 0.602. The Labute approximate surface area is 62.6 Å². The molecule has 0 saturated heterocycles. The minimum atomic E-state index is -2.18. The molecule has 1 N–H and O–H groups in total. The van der Waals surface area contributed by atoms with Crippen LogP contribution in [-0.2, 0) is 16.1 Å². The first-order chi connectivity index (χ1) is 4.46. The zero-order valence-corrected chi connectivity index (χ0v) is 7.01. The molecule has 5 heteroatoms. The molecule has 0 rings (SSSR count). The van der Waals surface area contributed by atoms with Gasteiger partial charge >= 0.3 is 0 Å². The molecule has 0 aliphatic carbocycles. The van der Waals surface area contributed by atoms with Gasteiger partial charge in [-0.25, -0.2) is 8.51 Å². The predicted octanol–water partition coefficient (Wildman–Crippen LogP) is 0.380. The average molecular weight is 165 g/mol. The SMILES string of the molecule is CC(=O)N(C(C)C)S(=O)O. The zero-order valence-electron chi connectivity index (χ0n) is 6.20. The molecule has 0 aromatic carbocycles. The van der Waals surface area contributed by atoms with Crippen LogP contribution in [0.3, 0.4) is 0 Å². The van der Waals surface area contributed by atoms with E-state index in [1.165, 1.54) is 6.92 Å². The van der Waals surface area contributed by atoms with Crippen LogP contribution in [0.5, 0.6) is 0 Å². The molecular formula is C5H11NO3S. The van der Waals surface area contributed by atoms with Crippen LogP contribution >= 0.6 is 0 Å². The van der Waals surface area contributed by atoms with Crippen LogP contribution in [0.1, 0.15) is 20.8 Å². The molecule has 0 radical (unpaired) electrons. The van der Waals surface area contributed by atoms with Gasteiger partial charge in [-0.3, -0.25) is 9.35 Å². The highest BCUT2D eigenvalue weighted by Gasteiger charge is 2.17. The van der Waals surface area contributed by atoms with Gasteiger partial charge in [0.25, 0.3) is 11.3 Å². The van der Waals surface area contributed by atoms with Gasteiger partial charge in [-0.05, 0) is 13.8 Å². The normalized spacial score (nSPS) is 13.3. The van der Waals surface area contributed by atoms with Crippen molar-refractivity contribution in [1.29, 1.82) is 0 Å². The summed E-state index contributed by atoms with van der Waals surface area (Å²) >= 11 is -2.18. The van der Waals surface area contributed by atoms with Gasteiger partial charge in [0.2, 0.25) is 5.91 Å². The van der Waals surface area contributed by atoms with Gasteiger partial charge in [0.05, 0.1) is 0 Å². The summed E-state index contributed by atoms with van der Waals surface area (Å²) in [6, 6.07) is -0.233. The fourth-order valence-electron chi connectivity index (χ4n) is 0.654. The Bertz CT molecular complexity index is 143. The molecule has 0 spiro atoms. The topological polar surface area (TPSA) is 57.6 Å². The maximum Gasteiger partial charge on any atom is 0.264 e. The van der Waals surface area contributed by atoms with Crippen molar-refractivity contribution in [1.82, 2.24) is 4.31 Å². The third-order valence-corrected chi connectivity index (χ3v) is 1.96. The number of hydrogen-bond donors (Lipinski definition) is 1. The first kappa shape index (κ1) is 9.58. The Morgan fingerprint density at radius 1 is 1.60 bits per heavy atom. The van der Waals surface area contributed by atoms with Crippen molar-refractivity contribution in [3.63, 3.8) is 0 Å². The van der Waals surface area contributed by atoms with Crippen molar-refractivity contribution < 1.29 is 13.6 Å². The predicted molar refractivity (Wildman–Crippen MR) is 38.4 cm³/mol. The summed E-state index contributed by atoms with van der Waals surface area (Å²) < 4.78 is 19.8. The van der Waals surface area contributed by atoms with Crippen LogP contribution in [0.2, 0.25) is 0 Å². The molecule has 1 atom stereocenters. The molecule has 0 aromatic rings. The number of amides is 1. The van der Waals surface area contributed by atoms with Gasteiger partial charge in [-0.15, -0.1) is 0 Å². The number of rotatable bonds is 2. The fourth-order valence-corrected chi connectivity index (χ4v) is 1.23. The van der Waals surface area contributed by atoms with Gasteiger partial charge in [0, 0.05) is 13.0 Å². The summed E-state index contributed by atoms with van der Waals surface area (Å²) in [6.45, 7) is 4.61. The second-order valence-corrected chi connectivity index (χ2v) is 3.02. The van der Waals surface area contributed by atoms with Crippen LogP contribution in [0.25, 0.3) is 0 Å². The molecule has 4 nitrogen and oxygen atoms in total. The third kappa shape index (κ3) is 2.45. The summed E-state index contributed by atoms with van der Waals surface area (Å²) in [4.78, 5) is 10.6. The first-order valence-electron chi connectivity index (χ1n) is 2.87. The molecule has 0 saturated carbocycles. The molecule has 0 aromatic heterocycles. The third-order valence-electron chi connectivity index (χ3n) is 0.948. The van der Waals surface area contributed by atoms with Gasteiger partial charge < -0.3 is 0 Å². The summed E-state index contributed by atoms with van der Waals surface area (Å²) in [5.74, 6) is -0.393. The first-order valence-corrected chi connectivity index (χ1v) is 3.94. The van der Waals surface area contributed by atoms with E-state index in [0.717, 1.165) is 4.31 Å². The Kier molecular flexibility index (Phi) is 3.52. The lowest BCUT2D eigenvalue weighted by Gasteiger charge is -2.19. The van der Waals surface area contributed by atoms with Crippen molar-refractivity contribution in [2.75, 3.05) is 0 Å². The fraction of sp³-hybridized carbons (Fsp3) is 0.800. The summed E-state index contributed by atoms with van der Waals surface area (Å²) in [5, 5.41) is 0. The second-order valence-electron chi connectivity index (χ2n) is 2.17. The van der Waals surface area contributed by atoms with Crippen molar-refractivity contribution in [2.24, 2.45) is 0 Å². The van der Waals surface area contributed by atoms with Crippen molar-refractivity contribution in [3.05, 3.63) is 0 Å². The van der Waals surface area contributed by atoms with Crippen molar-refractivity contribution in [2.45, 2.75) is 26.8 Å².